The first-order chi connectivity index (χ1) is 6.97. The standard InChI is InChI=1S/C10H21NO3S/c1-3-5-15(12,13)6-4-11-7-10(2)8-14-9-10/h11H,3-9H2,1-2H3. The van der Waals surface area contributed by atoms with Gasteiger partial charge in [0.15, 0.2) is 9.84 Å². The molecule has 0 amide bonds. The van der Waals surface area contributed by atoms with E-state index in [0.29, 0.717) is 18.7 Å². The van der Waals surface area contributed by atoms with Crippen LogP contribution in [0.4, 0.5) is 0 Å². The largest absolute Gasteiger partial charge is 0.380 e. The van der Waals surface area contributed by atoms with Crippen LogP contribution >= 0.6 is 0 Å². The van der Waals surface area contributed by atoms with Gasteiger partial charge in [-0.25, -0.2) is 8.42 Å². The van der Waals surface area contributed by atoms with Gasteiger partial charge in [-0.1, -0.05) is 13.8 Å². The van der Waals surface area contributed by atoms with Crippen molar-refractivity contribution in [3.63, 3.8) is 0 Å². The summed E-state index contributed by atoms with van der Waals surface area (Å²) in [7, 11) is -2.83. The van der Waals surface area contributed by atoms with E-state index in [0.717, 1.165) is 19.8 Å². The summed E-state index contributed by atoms with van der Waals surface area (Å²) in [5, 5.41) is 3.18. The lowest BCUT2D eigenvalue weighted by Crippen LogP contribution is -2.48. The fraction of sp³-hybridized carbons (Fsp3) is 1.00. The molecule has 4 nitrogen and oxygen atoms in total. The molecule has 0 unspecified atom stereocenters. The highest BCUT2D eigenvalue weighted by molar-refractivity contribution is 7.91. The molecule has 0 saturated carbocycles. The Morgan fingerprint density at radius 3 is 2.47 bits per heavy atom. The van der Waals surface area contributed by atoms with Gasteiger partial charge in [0.25, 0.3) is 0 Å². The molecular formula is C10H21NO3S. The minimum absolute atomic E-state index is 0.217. The van der Waals surface area contributed by atoms with Crippen molar-refractivity contribution in [1.82, 2.24) is 5.32 Å². The SMILES string of the molecule is CCCS(=O)(=O)CCNCC1(C)COC1. The lowest BCUT2D eigenvalue weighted by Gasteiger charge is -2.38. The van der Waals surface area contributed by atoms with E-state index in [2.05, 4.69) is 12.2 Å². The minimum atomic E-state index is -2.83. The normalized spacial score (nSPS) is 19.9. The van der Waals surface area contributed by atoms with Gasteiger partial charge in [-0.2, -0.15) is 0 Å². The monoisotopic (exact) mass is 235 g/mol. The first-order valence-corrected chi connectivity index (χ1v) is 7.28. The third-order valence-electron chi connectivity index (χ3n) is 2.56. The highest BCUT2D eigenvalue weighted by Crippen LogP contribution is 2.24. The fourth-order valence-corrected chi connectivity index (χ4v) is 2.86. The van der Waals surface area contributed by atoms with E-state index in [9.17, 15) is 8.42 Å². The van der Waals surface area contributed by atoms with Crippen LogP contribution in [0.1, 0.15) is 20.3 Å². The first-order valence-electron chi connectivity index (χ1n) is 5.46. The van der Waals surface area contributed by atoms with Gasteiger partial charge >= 0.3 is 0 Å². The Bertz CT molecular complexity index is 283. The van der Waals surface area contributed by atoms with Crippen molar-refractivity contribution < 1.29 is 13.2 Å². The van der Waals surface area contributed by atoms with Gasteiger partial charge in [0.2, 0.25) is 0 Å². The summed E-state index contributed by atoms with van der Waals surface area (Å²) in [4.78, 5) is 0. The molecule has 1 aliphatic heterocycles. The number of hydrogen-bond donors (Lipinski definition) is 1. The molecule has 15 heavy (non-hydrogen) atoms. The van der Waals surface area contributed by atoms with Gasteiger partial charge in [-0.3, -0.25) is 0 Å². The predicted octanol–water partition coefficient (Wildman–Crippen LogP) is 0.437. The van der Waals surface area contributed by atoms with Crippen molar-refractivity contribution in [3.8, 4) is 0 Å². The molecule has 90 valence electrons. The van der Waals surface area contributed by atoms with Crippen molar-refractivity contribution in [1.29, 1.82) is 0 Å². The van der Waals surface area contributed by atoms with E-state index >= 15 is 0 Å². The second-order valence-corrected chi connectivity index (χ2v) is 6.94. The van der Waals surface area contributed by atoms with Gasteiger partial charge in [0.1, 0.15) is 0 Å². The maximum Gasteiger partial charge on any atom is 0.151 e. The van der Waals surface area contributed by atoms with E-state index in [-0.39, 0.29) is 11.2 Å². The Labute approximate surface area is 92.3 Å². The summed E-state index contributed by atoms with van der Waals surface area (Å²) in [6, 6.07) is 0. The van der Waals surface area contributed by atoms with E-state index < -0.39 is 9.84 Å². The Kier molecular flexibility index (Phi) is 4.55. The first kappa shape index (κ1) is 12.9. The van der Waals surface area contributed by atoms with Crippen molar-refractivity contribution in [2.45, 2.75) is 20.3 Å². The number of ether oxygens (including phenoxy) is 1. The molecule has 0 spiro atoms. The van der Waals surface area contributed by atoms with Crippen molar-refractivity contribution >= 4 is 9.84 Å². The fourth-order valence-electron chi connectivity index (χ4n) is 1.58. The molecule has 0 bridgehead atoms. The van der Waals surface area contributed by atoms with Crippen LogP contribution in [0.25, 0.3) is 0 Å². The minimum Gasteiger partial charge on any atom is -0.380 e. The smallest absolute Gasteiger partial charge is 0.151 e. The van der Waals surface area contributed by atoms with Crippen LogP contribution in [0.2, 0.25) is 0 Å². The van der Waals surface area contributed by atoms with Crippen LogP contribution < -0.4 is 5.32 Å². The number of nitrogens with one attached hydrogen (secondary N) is 1. The third-order valence-corrected chi connectivity index (χ3v) is 4.41. The molecule has 0 aromatic heterocycles. The van der Waals surface area contributed by atoms with E-state index in [1.54, 1.807) is 0 Å². The van der Waals surface area contributed by atoms with Crippen molar-refractivity contribution in [2.75, 3.05) is 37.8 Å². The predicted molar refractivity (Wildman–Crippen MR) is 60.7 cm³/mol. The number of hydrogen-bond acceptors (Lipinski definition) is 4. The second-order valence-electron chi connectivity index (χ2n) is 4.63. The maximum atomic E-state index is 11.4. The highest BCUT2D eigenvalue weighted by atomic mass is 32.2. The zero-order valence-corrected chi connectivity index (χ0v) is 10.4. The van der Waals surface area contributed by atoms with Gasteiger partial charge in [-0.05, 0) is 6.42 Å². The van der Waals surface area contributed by atoms with Crippen molar-refractivity contribution in [3.05, 3.63) is 0 Å². The van der Waals surface area contributed by atoms with E-state index in [1.165, 1.54) is 0 Å². The molecule has 1 aliphatic rings. The average Bonchev–Trinajstić information content (AvgIpc) is 2.09. The van der Waals surface area contributed by atoms with E-state index in [1.807, 2.05) is 6.92 Å². The Morgan fingerprint density at radius 2 is 2.00 bits per heavy atom. The molecule has 0 atom stereocenters. The van der Waals surface area contributed by atoms with Gasteiger partial charge < -0.3 is 10.1 Å². The lowest BCUT2D eigenvalue weighted by molar-refractivity contribution is -0.0987. The van der Waals surface area contributed by atoms with Gasteiger partial charge in [0.05, 0.1) is 19.0 Å². The molecule has 1 heterocycles. The maximum absolute atomic E-state index is 11.4. The molecule has 1 fully saturated rings. The molecule has 0 aliphatic carbocycles. The highest BCUT2D eigenvalue weighted by Gasteiger charge is 2.32. The molecular weight excluding hydrogens is 214 g/mol. The van der Waals surface area contributed by atoms with E-state index in [4.69, 9.17) is 4.74 Å². The molecule has 1 saturated heterocycles. The molecule has 0 aromatic rings. The summed E-state index contributed by atoms with van der Waals surface area (Å²) in [5.74, 6) is 0.548. The quantitative estimate of drug-likeness (QED) is 0.651. The molecule has 0 aromatic carbocycles. The second kappa shape index (κ2) is 5.27. The zero-order chi connectivity index (χ0) is 11.4. The summed E-state index contributed by atoms with van der Waals surface area (Å²) in [5.41, 5.74) is 0.217. The number of sulfone groups is 1. The third kappa shape index (κ3) is 4.49. The number of rotatable bonds is 7. The van der Waals surface area contributed by atoms with Crippen LogP contribution in [0.5, 0.6) is 0 Å². The Balaban J connectivity index is 2.11. The van der Waals surface area contributed by atoms with Gasteiger partial charge in [-0.15, -0.1) is 0 Å². The summed E-state index contributed by atoms with van der Waals surface area (Å²) in [6.45, 7) is 6.98. The summed E-state index contributed by atoms with van der Waals surface area (Å²) >= 11 is 0. The molecule has 1 rings (SSSR count). The summed E-state index contributed by atoms with van der Waals surface area (Å²) in [6.07, 6.45) is 0.702. The van der Waals surface area contributed by atoms with Crippen LogP contribution in [0.3, 0.4) is 0 Å². The lowest BCUT2D eigenvalue weighted by atomic mass is 9.89. The van der Waals surface area contributed by atoms with Crippen LogP contribution in [-0.4, -0.2) is 46.2 Å². The van der Waals surface area contributed by atoms with Crippen molar-refractivity contribution in [2.24, 2.45) is 5.41 Å². The molecule has 1 N–H and O–H groups in total. The molecule has 0 radical (unpaired) electrons. The average molecular weight is 235 g/mol. The van der Waals surface area contributed by atoms with Crippen LogP contribution in [0, 0.1) is 5.41 Å². The Morgan fingerprint density at radius 1 is 1.33 bits per heavy atom. The van der Waals surface area contributed by atoms with Crippen LogP contribution in [0.15, 0.2) is 0 Å². The topological polar surface area (TPSA) is 55.4 Å². The zero-order valence-electron chi connectivity index (χ0n) is 9.58. The summed E-state index contributed by atoms with van der Waals surface area (Å²) < 4.78 is 27.9. The van der Waals surface area contributed by atoms with Gasteiger partial charge in [0, 0.05) is 24.3 Å². The van der Waals surface area contributed by atoms with Crippen LogP contribution in [-0.2, 0) is 14.6 Å². The Hall–Kier alpha value is -0.130. The molecule has 5 heteroatoms.